The van der Waals surface area contributed by atoms with Crippen LogP contribution in [0.2, 0.25) is 0 Å². The maximum absolute atomic E-state index is 13.6. The van der Waals surface area contributed by atoms with Gasteiger partial charge in [-0.2, -0.15) is 0 Å². The van der Waals surface area contributed by atoms with E-state index < -0.39 is 22.8 Å². The molecule has 0 spiro atoms. The first-order chi connectivity index (χ1) is 19.3. The van der Waals surface area contributed by atoms with E-state index in [9.17, 15) is 19.7 Å². The van der Waals surface area contributed by atoms with E-state index in [0.29, 0.717) is 23.2 Å². The van der Waals surface area contributed by atoms with Crippen LogP contribution in [0.25, 0.3) is 33.1 Å². The van der Waals surface area contributed by atoms with Crippen LogP contribution in [0.1, 0.15) is 36.3 Å². The number of aromatic amines is 1. The van der Waals surface area contributed by atoms with Crippen molar-refractivity contribution in [2.75, 3.05) is 0 Å². The molecule has 9 nitrogen and oxygen atoms in total. The fourth-order valence-corrected chi connectivity index (χ4v) is 4.66. The van der Waals surface area contributed by atoms with Gasteiger partial charge < -0.3 is 15.0 Å². The minimum atomic E-state index is -0.862. The molecule has 0 radical (unpaired) electrons. The fraction of sp³-hybridized carbons (Fsp3) is 0.194. The number of hydrogen-bond donors (Lipinski definition) is 2. The van der Waals surface area contributed by atoms with Gasteiger partial charge in [0.15, 0.2) is 0 Å². The molecule has 0 bridgehead atoms. The molecule has 40 heavy (non-hydrogen) atoms. The minimum Gasteiger partial charge on any atom is -0.459 e. The molecule has 2 heterocycles. The number of ether oxygens (including phenoxy) is 1. The van der Waals surface area contributed by atoms with Gasteiger partial charge in [0, 0.05) is 34.0 Å². The Morgan fingerprint density at radius 1 is 0.975 bits per heavy atom. The zero-order valence-electron chi connectivity index (χ0n) is 22.1. The van der Waals surface area contributed by atoms with Crippen LogP contribution in [-0.2, 0) is 16.1 Å². The number of aromatic nitrogens is 2. The van der Waals surface area contributed by atoms with Crippen molar-refractivity contribution in [3.05, 3.63) is 106 Å². The highest BCUT2D eigenvalue weighted by molar-refractivity contribution is 6.13. The summed E-state index contributed by atoms with van der Waals surface area (Å²) in [6.45, 7) is 4.03. The van der Waals surface area contributed by atoms with Crippen molar-refractivity contribution in [3.8, 4) is 11.3 Å². The number of hydrogen-bond acceptors (Lipinski definition) is 6. The monoisotopic (exact) mass is 536 g/mol. The maximum atomic E-state index is 13.6. The molecular weight excluding hydrogens is 508 g/mol. The number of esters is 1. The summed E-state index contributed by atoms with van der Waals surface area (Å²) < 4.78 is 5.53. The van der Waals surface area contributed by atoms with Crippen molar-refractivity contribution in [2.45, 2.75) is 32.9 Å². The lowest BCUT2D eigenvalue weighted by molar-refractivity contribution is -0.384. The molecular formula is C31H28N4O5. The number of para-hydroxylation sites is 1. The topological polar surface area (TPSA) is 127 Å². The summed E-state index contributed by atoms with van der Waals surface area (Å²) in [6, 6.07) is 23.9. The van der Waals surface area contributed by atoms with E-state index in [1.54, 1.807) is 18.2 Å². The fourth-order valence-electron chi connectivity index (χ4n) is 4.66. The second-order valence-electron chi connectivity index (χ2n) is 10.0. The van der Waals surface area contributed by atoms with Gasteiger partial charge in [0.05, 0.1) is 16.1 Å². The number of carbonyl (C=O) groups excluding carboxylic acids is 2. The van der Waals surface area contributed by atoms with Crippen LogP contribution in [0.4, 0.5) is 5.69 Å². The normalized spacial score (nSPS) is 12.0. The Morgan fingerprint density at radius 3 is 2.38 bits per heavy atom. The predicted molar refractivity (Wildman–Crippen MR) is 153 cm³/mol. The molecule has 0 saturated heterocycles. The van der Waals surface area contributed by atoms with Gasteiger partial charge in [-0.25, -0.2) is 9.78 Å². The standard InChI is InChI=1S/C31H28N4O5/c1-19(2)16-27(31(37)40-18-20-8-4-3-5-9-20)34-30(36)26-17-24-23-10-6-7-11-25(23)32-29(24)28(33-26)21-12-14-22(15-13-21)35(38)39/h3-15,17,19,27,32H,16,18H2,1-2H3,(H,34,36)/t27-/m0/s1. The van der Waals surface area contributed by atoms with Gasteiger partial charge in [0.1, 0.15) is 18.3 Å². The van der Waals surface area contributed by atoms with Gasteiger partial charge in [-0.15, -0.1) is 0 Å². The predicted octanol–water partition coefficient (Wildman–Crippen LogP) is 6.18. The Morgan fingerprint density at radius 2 is 1.68 bits per heavy atom. The number of benzene rings is 3. The number of nitro groups is 1. The molecule has 0 saturated carbocycles. The number of rotatable bonds is 9. The van der Waals surface area contributed by atoms with E-state index >= 15 is 0 Å². The van der Waals surface area contributed by atoms with Gasteiger partial charge in [-0.05, 0) is 42.2 Å². The number of amides is 1. The van der Waals surface area contributed by atoms with E-state index in [1.165, 1.54) is 12.1 Å². The molecule has 1 atom stereocenters. The van der Waals surface area contributed by atoms with Crippen LogP contribution >= 0.6 is 0 Å². The smallest absolute Gasteiger partial charge is 0.328 e. The SMILES string of the molecule is CC(C)C[C@H](NC(=O)c1cc2c([nH]c3ccccc32)c(-c2ccc([N+](=O)[O-])cc2)n1)C(=O)OCc1ccccc1. The highest BCUT2D eigenvalue weighted by atomic mass is 16.6. The Kier molecular flexibility index (Phi) is 7.54. The van der Waals surface area contributed by atoms with Crippen molar-refractivity contribution in [2.24, 2.45) is 5.92 Å². The summed E-state index contributed by atoms with van der Waals surface area (Å²) in [7, 11) is 0. The summed E-state index contributed by atoms with van der Waals surface area (Å²) >= 11 is 0. The highest BCUT2D eigenvalue weighted by Crippen LogP contribution is 2.33. The molecule has 2 N–H and O–H groups in total. The average Bonchev–Trinajstić information content (AvgIpc) is 3.34. The minimum absolute atomic E-state index is 0.0453. The van der Waals surface area contributed by atoms with E-state index in [4.69, 9.17) is 4.74 Å². The number of nitrogens with zero attached hydrogens (tertiary/aromatic N) is 2. The van der Waals surface area contributed by atoms with Crippen molar-refractivity contribution in [3.63, 3.8) is 0 Å². The van der Waals surface area contributed by atoms with Crippen molar-refractivity contribution >= 4 is 39.4 Å². The molecule has 5 rings (SSSR count). The Bertz CT molecular complexity index is 1690. The van der Waals surface area contributed by atoms with E-state index in [2.05, 4.69) is 15.3 Å². The molecule has 3 aromatic carbocycles. The molecule has 0 unspecified atom stereocenters. The molecule has 0 aliphatic carbocycles. The van der Waals surface area contributed by atoms with Gasteiger partial charge in [0.25, 0.3) is 11.6 Å². The van der Waals surface area contributed by atoms with Crippen LogP contribution in [0.3, 0.4) is 0 Å². The van der Waals surface area contributed by atoms with Crippen LogP contribution in [-0.4, -0.2) is 32.8 Å². The number of carbonyl (C=O) groups is 2. The van der Waals surface area contributed by atoms with Gasteiger partial charge >= 0.3 is 5.97 Å². The summed E-state index contributed by atoms with van der Waals surface area (Å²) in [5.74, 6) is -0.915. The first-order valence-corrected chi connectivity index (χ1v) is 13.0. The van der Waals surface area contributed by atoms with Crippen LogP contribution in [0.15, 0.2) is 84.9 Å². The molecule has 0 aliphatic heterocycles. The number of pyridine rings is 1. The number of H-pyrrole nitrogens is 1. The quantitative estimate of drug-likeness (QED) is 0.132. The molecule has 1 amide bonds. The Balaban J connectivity index is 1.49. The van der Waals surface area contributed by atoms with Gasteiger partial charge in [-0.1, -0.05) is 62.4 Å². The van der Waals surface area contributed by atoms with Gasteiger partial charge in [-0.3, -0.25) is 14.9 Å². The molecule has 202 valence electrons. The third-order valence-electron chi connectivity index (χ3n) is 6.60. The zero-order chi connectivity index (χ0) is 28.2. The number of nitro benzene ring substituents is 1. The van der Waals surface area contributed by atoms with Crippen LogP contribution < -0.4 is 5.32 Å². The molecule has 0 aliphatic rings. The Hall–Kier alpha value is -5.05. The lowest BCUT2D eigenvalue weighted by atomic mass is 10.0. The number of non-ortho nitro benzene ring substituents is 1. The zero-order valence-corrected chi connectivity index (χ0v) is 22.1. The lowest BCUT2D eigenvalue weighted by Crippen LogP contribution is -2.43. The third kappa shape index (κ3) is 5.68. The summed E-state index contributed by atoms with van der Waals surface area (Å²) in [4.78, 5) is 45.3. The maximum Gasteiger partial charge on any atom is 0.328 e. The summed E-state index contributed by atoms with van der Waals surface area (Å²) in [5.41, 5.74) is 3.57. The van der Waals surface area contributed by atoms with Crippen molar-refractivity contribution < 1.29 is 19.2 Å². The van der Waals surface area contributed by atoms with Crippen molar-refractivity contribution in [1.29, 1.82) is 0 Å². The van der Waals surface area contributed by atoms with Gasteiger partial charge in [0.2, 0.25) is 0 Å². The van der Waals surface area contributed by atoms with Crippen molar-refractivity contribution in [1.82, 2.24) is 15.3 Å². The second kappa shape index (κ2) is 11.4. The third-order valence-corrected chi connectivity index (χ3v) is 6.60. The molecule has 9 heteroatoms. The first kappa shape index (κ1) is 26.6. The van der Waals surface area contributed by atoms with E-state index in [1.807, 2.05) is 68.4 Å². The summed E-state index contributed by atoms with van der Waals surface area (Å²) in [5, 5.41) is 15.7. The largest absolute Gasteiger partial charge is 0.459 e. The number of nitrogens with one attached hydrogen (secondary N) is 2. The second-order valence-corrected chi connectivity index (χ2v) is 10.0. The average molecular weight is 537 g/mol. The lowest BCUT2D eigenvalue weighted by Gasteiger charge is -2.19. The Labute approximate surface area is 230 Å². The molecule has 2 aromatic heterocycles. The highest BCUT2D eigenvalue weighted by Gasteiger charge is 2.26. The first-order valence-electron chi connectivity index (χ1n) is 13.0. The summed E-state index contributed by atoms with van der Waals surface area (Å²) in [6.07, 6.45) is 0.393. The van der Waals surface area contributed by atoms with Crippen LogP contribution in [0, 0.1) is 16.0 Å². The van der Waals surface area contributed by atoms with E-state index in [0.717, 1.165) is 21.9 Å². The van der Waals surface area contributed by atoms with Crippen LogP contribution in [0.5, 0.6) is 0 Å². The molecule has 5 aromatic rings. The number of fused-ring (bicyclic) bond motifs is 3. The molecule has 0 fully saturated rings. The van der Waals surface area contributed by atoms with E-state index in [-0.39, 0.29) is 23.9 Å².